The van der Waals surface area contributed by atoms with Crippen molar-refractivity contribution in [3.05, 3.63) is 449 Å². The zero-order chi connectivity index (χ0) is 90.6. The molecule has 0 spiro atoms. The van der Waals surface area contributed by atoms with Crippen LogP contribution in [0.4, 0.5) is 0 Å². The summed E-state index contributed by atoms with van der Waals surface area (Å²) in [6, 6.07) is 164. The van der Waals surface area contributed by atoms with Gasteiger partial charge in [-0.15, -0.1) is 6.42 Å². The van der Waals surface area contributed by atoms with Gasteiger partial charge in [-0.1, -0.05) is 352 Å². The molecule has 0 fully saturated rings. The monoisotopic (exact) mass is 1710 g/mol. The second-order valence-corrected chi connectivity index (χ2v) is 32.6. The lowest BCUT2D eigenvalue weighted by Crippen LogP contribution is -1.97. The largest absolute Gasteiger partial charge is 0.309 e. The van der Waals surface area contributed by atoms with Crippen LogP contribution in [-0.4, -0.2) is 18.3 Å². The molecule has 622 valence electrons. The average Bonchev–Trinajstić information content (AvgIpc) is 1.59. The van der Waals surface area contributed by atoms with Gasteiger partial charge in [0.1, 0.15) is 0 Å². The molecule has 0 N–H and O–H groups in total. The minimum Gasteiger partial charge on any atom is -0.309 e. The molecule has 4 aromatic heterocycles. The summed E-state index contributed by atoms with van der Waals surface area (Å²) in [6.45, 7) is 1.70. The zero-order valence-electron chi connectivity index (χ0n) is 73.6. The van der Waals surface area contributed by atoms with E-state index < -0.39 is 0 Å². The van der Waals surface area contributed by atoms with Crippen LogP contribution in [-0.2, 0) is 0 Å². The predicted molar refractivity (Wildman–Crippen MR) is 568 cm³/mol. The molecule has 0 saturated heterocycles. The highest BCUT2D eigenvalue weighted by atomic mass is 15.0. The minimum absolute atomic E-state index is 1.15. The Balaban J connectivity index is 0.000000136. The highest BCUT2D eigenvalue weighted by Gasteiger charge is 2.23. The van der Waals surface area contributed by atoms with Crippen molar-refractivity contribution >= 4 is 98.0 Å². The van der Waals surface area contributed by atoms with Crippen molar-refractivity contribution in [1.82, 2.24) is 18.3 Å². The lowest BCUT2D eigenvalue weighted by molar-refractivity contribution is 1.18. The second kappa shape index (κ2) is 37.9. The van der Waals surface area contributed by atoms with Gasteiger partial charge < -0.3 is 18.3 Å². The first-order chi connectivity index (χ1) is 66.9. The minimum atomic E-state index is 1.15. The number of terminal acetylenes is 1. The van der Waals surface area contributed by atoms with Crippen LogP contribution in [0.2, 0.25) is 0 Å². The van der Waals surface area contributed by atoms with Gasteiger partial charge >= 0.3 is 0 Å². The van der Waals surface area contributed by atoms with Crippen LogP contribution in [0.1, 0.15) is 6.92 Å². The van der Waals surface area contributed by atoms with Gasteiger partial charge in [-0.3, -0.25) is 0 Å². The number of hydrogen-bond acceptors (Lipinski definition) is 0. The van der Waals surface area contributed by atoms with Gasteiger partial charge in [0.05, 0.1) is 55.5 Å². The Labute approximate surface area is 785 Å². The molecule has 0 saturated carbocycles. The molecule has 0 atom stereocenters. The summed E-state index contributed by atoms with van der Waals surface area (Å²) < 4.78 is 9.76. The Morgan fingerprint density at radius 1 is 0.163 bits per heavy atom. The fourth-order valence-corrected chi connectivity index (χ4v) is 18.6. The van der Waals surface area contributed by atoms with Gasteiger partial charge in [0, 0.05) is 65.6 Å². The van der Waals surface area contributed by atoms with Crippen molar-refractivity contribution in [3.8, 4) is 219 Å². The molecule has 4 heteroatoms. The number of para-hydroxylation sites is 6. The maximum atomic E-state index is 4.89. The quantitative estimate of drug-likeness (QED) is 0.109. The average molecular weight is 1710 g/mol. The molecule has 0 bridgehead atoms. The molecule has 0 aliphatic heterocycles. The number of nitrogens with zero attached hydrogens (tertiary/aromatic N) is 4. The zero-order valence-corrected chi connectivity index (χ0v) is 73.6. The molecular formula is C131H78N4. The van der Waals surface area contributed by atoms with Crippen molar-refractivity contribution in [2.75, 3.05) is 0 Å². The fourth-order valence-electron chi connectivity index (χ4n) is 18.6. The number of fused-ring (bicyclic) bond motifs is 13. The molecule has 23 rings (SSSR count). The molecule has 135 heavy (non-hydrogen) atoms. The highest BCUT2D eigenvalue weighted by Crippen LogP contribution is 2.45. The molecule has 0 aliphatic rings. The maximum absolute atomic E-state index is 4.89. The molecular weight excluding hydrogens is 1630 g/mol. The lowest BCUT2D eigenvalue weighted by Gasteiger charge is -2.15. The van der Waals surface area contributed by atoms with E-state index in [-0.39, 0.29) is 0 Å². The van der Waals surface area contributed by atoms with Crippen LogP contribution in [0.25, 0.3) is 210 Å². The third-order valence-electron chi connectivity index (χ3n) is 24.7. The summed E-state index contributed by atoms with van der Waals surface area (Å²) in [5.74, 6) is 41.9. The Kier molecular flexibility index (Phi) is 23.2. The molecule has 19 aromatic carbocycles. The van der Waals surface area contributed by atoms with Gasteiger partial charge in [0.25, 0.3) is 0 Å². The van der Waals surface area contributed by atoms with E-state index >= 15 is 0 Å². The molecule has 0 aliphatic carbocycles. The molecule has 4 heterocycles. The number of rotatable bonds is 12. The van der Waals surface area contributed by atoms with E-state index in [0.29, 0.717) is 0 Å². The SMILES string of the molecule is C#CC#CC#CC#CC#CC#CC#CC#CC#CC.c1ccc(-c2ccc(-n3c4ccccc4c4ccc(-c5ccc6c7ccccc7n(-c7ccccc7-c7cccc(-c8ccc9ccccc9c8)c7)c6c5)cc43)cc2)cc1.c1ccc(-c2ccc(-n3c4ccccc4c4ccc(-c5ccc6c7ccccc7n(-c7ccccc7-c7cccc(-c8ccccc8)c7)c6c5)cc43)cc2)cc1. The molecule has 23 aromatic rings. The van der Waals surface area contributed by atoms with E-state index in [4.69, 9.17) is 6.42 Å². The van der Waals surface area contributed by atoms with Gasteiger partial charge in [-0.05, 0) is 293 Å². The van der Waals surface area contributed by atoms with E-state index in [1.165, 1.54) is 187 Å². The standard InChI is InChI=1S/C58H38N2.C54H36N2.C19H4/c1-2-13-39(14-3-1)41-27-31-48(32-28-41)59-55-23-10-7-20-50(55)52-33-29-45(37-57(52)59)46-30-34-53-51-21-8-11-24-56(51)60(58(53)38-46)54-22-9-6-19-49(54)47-18-12-17-43(36-47)44-26-25-40-15-4-5-16-42(40)35-44;1-3-14-37(15-4-1)39-26-30-44(31-27-39)55-51-24-11-8-21-46(51)48-32-28-41(35-53(48)55)42-29-33-49-47-22-9-12-25-52(47)56(54(49)36-42)50-23-10-7-20-45(50)43-19-13-18-40(34-43)38-16-5-2-6-17-38;1-3-5-7-9-11-13-15-17-19-18-16-14-12-10-8-6-4-2/h1-38H;1-36H;1H,2H3. The first-order valence-electron chi connectivity index (χ1n) is 44.7. The molecule has 0 amide bonds. The Morgan fingerprint density at radius 3 is 0.800 bits per heavy atom. The van der Waals surface area contributed by atoms with Crippen LogP contribution < -0.4 is 0 Å². The summed E-state index contributed by atoms with van der Waals surface area (Å²) in [5, 5.41) is 12.5. The van der Waals surface area contributed by atoms with Crippen LogP contribution in [0, 0.1) is 107 Å². The summed E-state index contributed by atoms with van der Waals surface area (Å²) in [6.07, 6.45) is 4.89. The summed E-state index contributed by atoms with van der Waals surface area (Å²) in [7, 11) is 0. The van der Waals surface area contributed by atoms with Gasteiger partial charge in [-0.25, -0.2) is 0 Å². The first kappa shape index (κ1) is 82.6. The van der Waals surface area contributed by atoms with Crippen LogP contribution in [0.15, 0.2) is 449 Å². The van der Waals surface area contributed by atoms with Gasteiger partial charge in [-0.2, -0.15) is 0 Å². The molecule has 0 radical (unpaired) electrons. The van der Waals surface area contributed by atoms with Gasteiger partial charge in [0.2, 0.25) is 0 Å². The predicted octanol–water partition coefficient (Wildman–Crippen LogP) is 30.9. The Hall–Kier alpha value is -19.3. The summed E-state index contributed by atoms with van der Waals surface area (Å²) in [4.78, 5) is 0. The van der Waals surface area contributed by atoms with Crippen molar-refractivity contribution in [2.24, 2.45) is 0 Å². The van der Waals surface area contributed by atoms with Crippen LogP contribution in [0.5, 0.6) is 0 Å². The van der Waals surface area contributed by atoms with Crippen molar-refractivity contribution in [3.63, 3.8) is 0 Å². The van der Waals surface area contributed by atoms with E-state index in [9.17, 15) is 0 Å². The smallest absolute Gasteiger partial charge is 0.0547 e. The topological polar surface area (TPSA) is 19.7 Å². The molecule has 0 unspecified atom stereocenters. The third-order valence-corrected chi connectivity index (χ3v) is 24.7. The van der Waals surface area contributed by atoms with Crippen molar-refractivity contribution in [2.45, 2.75) is 6.92 Å². The molecule has 4 nitrogen and oxygen atoms in total. The third kappa shape index (κ3) is 16.8. The number of benzene rings is 19. The fraction of sp³-hybridized carbons (Fsp3) is 0.00763. The normalized spacial score (nSPS) is 10.5. The second-order valence-electron chi connectivity index (χ2n) is 32.6. The van der Waals surface area contributed by atoms with E-state index in [0.717, 1.165) is 22.7 Å². The summed E-state index contributed by atoms with van der Waals surface area (Å²) in [5.41, 5.74) is 33.4. The van der Waals surface area contributed by atoms with Gasteiger partial charge in [0.15, 0.2) is 0 Å². The first-order valence-corrected chi connectivity index (χ1v) is 44.7. The van der Waals surface area contributed by atoms with Crippen molar-refractivity contribution < 1.29 is 0 Å². The van der Waals surface area contributed by atoms with E-state index in [2.05, 4.69) is 568 Å². The van der Waals surface area contributed by atoms with E-state index in [1.54, 1.807) is 6.92 Å². The highest BCUT2D eigenvalue weighted by molar-refractivity contribution is 6.15. The number of hydrogen-bond donors (Lipinski definition) is 0. The lowest BCUT2D eigenvalue weighted by atomic mass is 9.96. The maximum Gasteiger partial charge on any atom is 0.0547 e. The number of aromatic nitrogens is 4. The van der Waals surface area contributed by atoms with Crippen LogP contribution >= 0.6 is 0 Å². The van der Waals surface area contributed by atoms with E-state index in [1.807, 2.05) is 0 Å². The Bertz CT molecular complexity index is 9230. The summed E-state index contributed by atoms with van der Waals surface area (Å²) >= 11 is 0. The van der Waals surface area contributed by atoms with Crippen molar-refractivity contribution in [1.29, 1.82) is 0 Å². The van der Waals surface area contributed by atoms with Crippen LogP contribution in [0.3, 0.4) is 0 Å². The Morgan fingerprint density at radius 2 is 0.415 bits per heavy atom.